The number of carbonyl (C=O) groups is 3. The fourth-order valence-corrected chi connectivity index (χ4v) is 2.97. The first-order valence-corrected chi connectivity index (χ1v) is 7.50. The number of rotatable bonds is 4. The average molecular weight is 401 g/mol. The van der Waals surface area contributed by atoms with Gasteiger partial charge < -0.3 is 25.7 Å². The number of carbonyl (C=O) groups excluding carboxylic acids is 1. The number of H-pyrrole nitrogens is 1. The molecule has 2 rings (SSSR count). The van der Waals surface area contributed by atoms with E-state index in [2.05, 4.69) is 0 Å². The first kappa shape index (κ1) is 19.3. The first-order valence-electron chi connectivity index (χ1n) is 6.74. The second kappa shape index (κ2) is 7.06. The van der Waals surface area contributed by atoms with Gasteiger partial charge in [-0.25, -0.2) is 9.59 Å². The molecule has 0 aliphatic heterocycles. The Morgan fingerprint density at radius 1 is 1.04 bits per heavy atom. The van der Waals surface area contributed by atoms with Crippen LogP contribution in [0.4, 0.5) is 5.82 Å². The minimum absolute atomic E-state index is 0.0530. The van der Waals surface area contributed by atoms with Crippen LogP contribution in [0.1, 0.15) is 27.6 Å². The zero-order valence-corrected chi connectivity index (χ0v) is 14.4. The fraction of sp³-hybridized carbons (Fsp3) is 0.0667. The number of hydrogen-bond donors (Lipinski definition) is 4. The summed E-state index contributed by atoms with van der Waals surface area (Å²) in [5.41, 5.74) is 2.00. The number of nitrogens with two attached hydrogens (primary N) is 1. The molecule has 9 nitrogen and oxygen atoms in total. The number of aromatic amines is 1. The lowest BCUT2D eigenvalue weighted by molar-refractivity contribution is -0.131. The number of ether oxygens (including phenoxy) is 1. The summed E-state index contributed by atoms with van der Waals surface area (Å²) in [6.07, 6.45) is 0. The normalized spacial score (nSPS) is 10.4. The molecule has 2 aromatic rings. The lowest BCUT2D eigenvalue weighted by atomic mass is 9.95. The minimum Gasteiger partial charge on any atom is -0.478 e. The SMILES string of the molecule is CC(=O)Oc1cc(Cl)c(-c2c(C(=O)O)c(N)[nH]c(=O)c2C(=O)O)c(Cl)c1. The molecule has 0 amide bonds. The van der Waals surface area contributed by atoms with Crippen LogP contribution in [0.5, 0.6) is 5.75 Å². The molecule has 26 heavy (non-hydrogen) atoms. The summed E-state index contributed by atoms with van der Waals surface area (Å²) in [7, 11) is 0. The zero-order valence-electron chi connectivity index (χ0n) is 12.9. The predicted octanol–water partition coefficient (Wildman–Crippen LogP) is 2.25. The Morgan fingerprint density at radius 2 is 1.54 bits per heavy atom. The second-order valence-electron chi connectivity index (χ2n) is 4.96. The molecule has 0 aliphatic rings. The maximum atomic E-state index is 12.0. The van der Waals surface area contributed by atoms with Crippen LogP contribution >= 0.6 is 23.2 Å². The van der Waals surface area contributed by atoms with E-state index in [1.54, 1.807) is 0 Å². The van der Waals surface area contributed by atoms with Gasteiger partial charge in [-0.05, 0) is 0 Å². The third-order valence-electron chi connectivity index (χ3n) is 3.20. The highest BCUT2D eigenvalue weighted by Crippen LogP contribution is 2.41. The van der Waals surface area contributed by atoms with Crippen LogP contribution in [0.15, 0.2) is 16.9 Å². The Labute approximate surface area is 154 Å². The number of nitrogen functional groups attached to an aromatic ring is 1. The Balaban J connectivity index is 2.96. The van der Waals surface area contributed by atoms with Crippen LogP contribution < -0.4 is 16.0 Å². The van der Waals surface area contributed by atoms with Gasteiger partial charge in [0.15, 0.2) is 0 Å². The van der Waals surface area contributed by atoms with Gasteiger partial charge in [0.1, 0.15) is 22.7 Å². The molecule has 0 spiro atoms. The second-order valence-corrected chi connectivity index (χ2v) is 5.77. The topological polar surface area (TPSA) is 160 Å². The number of hydrogen-bond acceptors (Lipinski definition) is 6. The summed E-state index contributed by atoms with van der Waals surface area (Å²) in [4.78, 5) is 48.1. The number of pyridine rings is 1. The number of aromatic nitrogens is 1. The summed E-state index contributed by atoms with van der Waals surface area (Å²) in [6.45, 7) is 1.14. The van der Waals surface area contributed by atoms with Crippen molar-refractivity contribution in [2.24, 2.45) is 0 Å². The molecule has 5 N–H and O–H groups in total. The van der Waals surface area contributed by atoms with E-state index in [0.717, 1.165) is 19.1 Å². The molecular weight excluding hydrogens is 391 g/mol. The van der Waals surface area contributed by atoms with Gasteiger partial charge in [-0.1, -0.05) is 23.2 Å². The molecule has 0 bridgehead atoms. The van der Waals surface area contributed by atoms with Crippen molar-refractivity contribution in [2.45, 2.75) is 6.92 Å². The van der Waals surface area contributed by atoms with E-state index in [-0.39, 0.29) is 21.4 Å². The summed E-state index contributed by atoms with van der Waals surface area (Å²) in [5.74, 6) is -4.60. The van der Waals surface area contributed by atoms with Crippen molar-refractivity contribution in [1.29, 1.82) is 0 Å². The van der Waals surface area contributed by atoms with E-state index in [0.29, 0.717) is 0 Å². The van der Waals surface area contributed by atoms with E-state index in [9.17, 15) is 29.4 Å². The van der Waals surface area contributed by atoms with Gasteiger partial charge >= 0.3 is 17.9 Å². The van der Waals surface area contributed by atoms with Crippen molar-refractivity contribution in [1.82, 2.24) is 4.98 Å². The van der Waals surface area contributed by atoms with Crippen LogP contribution in [0.3, 0.4) is 0 Å². The van der Waals surface area contributed by atoms with Crippen molar-refractivity contribution < 1.29 is 29.3 Å². The van der Waals surface area contributed by atoms with Gasteiger partial charge in [-0.2, -0.15) is 0 Å². The number of halogens is 2. The Morgan fingerprint density at radius 3 is 1.96 bits per heavy atom. The number of carboxylic acids is 2. The molecule has 136 valence electrons. The third-order valence-corrected chi connectivity index (χ3v) is 3.80. The summed E-state index contributed by atoms with van der Waals surface area (Å²) in [6, 6.07) is 2.25. The van der Waals surface area contributed by atoms with Crippen molar-refractivity contribution in [3.8, 4) is 16.9 Å². The van der Waals surface area contributed by atoms with E-state index in [1.807, 2.05) is 4.98 Å². The summed E-state index contributed by atoms with van der Waals surface area (Å²) < 4.78 is 4.84. The van der Waals surface area contributed by atoms with Crippen LogP contribution in [-0.2, 0) is 4.79 Å². The molecule has 0 aliphatic carbocycles. The number of carboxylic acid groups (broad SMARTS) is 2. The number of benzene rings is 1. The fourth-order valence-electron chi connectivity index (χ4n) is 2.31. The van der Waals surface area contributed by atoms with Gasteiger partial charge in [0, 0.05) is 30.2 Å². The Bertz CT molecular complexity index is 991. The van der Waals surface area contributed by atoms with Crippen molar-refractivity contribution in [2.75, 3.05) is 5.73 Å². The smallest absolute Gasteiger partial charge is 0.342 e. The number of aromatic carboxylic acids is 2. The molecule has 0 fully saturated rings. The van der Waals surface area contributed by atoms with Crippen LogP contribution in [0.25, 0.3) is 11.1 Å². The monoisotopic (exact) mass is 400 g/mol. The van der Waals surface area contributed by atoms with E-state index >= 15 is 0 Å². The number of esters is 1. The lowest BCUT2D eigenvalue weighted by Gasteiger charge is -2.15. The maximum Gasteiger partial charge on any atom is 0.342 e. The van der Waals surface area contributed by atoms with Gasteiger partial charge in [0.05, 0.1) is 10.0 Å². The molecule has 0 atom stereocenters. The quantitative estimate of drug-likeness (QED) is 0.448. The van der Waals surface area contributed by atoms with Gasteiger partial charge in [-0.3, -0.25) is 9.59 Å². The number of nitrogens with one attached hydrogen (secondary N) is 1. The van der Waals surface area contributed by atoms with Crippen LogP contribution in [0.2, 0.25) is 10.0 Å². The Kier molecular flexibility index (Phi) is 5.24. The zero-order chi connectivity index (χ0) is 19.8. The standard InChI is InChI=1S/C15H10Cl2N2O7/c1-4(20)26-5-2-6(16)8(7(17)3-5)9-10(14(22)23)12(18)19-13(21)11(9)15(24)25/h2-3H,1H3,(H,22,23)(H,24,25)(H3,18,19,21). The summed E-state index contributed by atoms with van der Waals surface area (Å²) in [5, 5.41) is 18.3. The van der Waals surface area contributed by atoms with Crippen LogP contribution in [0, 0.1) is 0 Å². The van der Waals surface area contributed by atoms with Crippen molar-refractivity contribution in [3.63, 3.8) is 0 Å². The van der Waals surface area contributed by atoms with Crippen molar-refractivity contribution in [3.05, 3.63) is 43.7 Å². The lowest BCUT2D eigenvalue weighted by Crippen LogP contribution is -2.24. The maximum absolute atomic E-state index is 12.0. The molecule has 1 heterocycles. The number of anilines is 1. The summed E-state index contributed by atoms with van der Waals surface area (Å²) >= 11 is 12.2. The molecule has 0 unspecified atom stereocenters. The van der Waals surface area contributed by atoms with Gasteiger partial charge in [0.25, 0.3) is 5.56 Å². The molecule has 11 heteroatoms. The average Bonchev–Trinajstić information content (AvgIpc) is 2.43. The molecule has 0 saturated carbocycles. The Hall–Kier alpha value is -3.04. The predicted molar refractivity (Wildman–Crippen MR) is 92.2 cm³/mol. The third kappa shape index (κ3) is 3.48. The molecule has 1 aromatic heterocycles. The molecule has 1 aromatic carbocycles. The van der Waals surface area contributed by atoms with E-state index in [1.165, 1.54) is 0 Å². The molecule has 0 saturated heterocycles. The van der Waals surface area contributed by atoms with Gasteiger partial charge in [0.2, 0.25) is 0 Å². The van der Waals surface area contributed by atoms with E-state index in [4.69, 9.17) is 33.7 Å². The van der Waals surface area contributed by atoms with Crippen LogP contribution in [-0.4, -0.2) is 33.1 Å². The minimum atomic E-state index is -1.71. The highest BCUT2D eigenvalue weighted by atomic mass is 35.5. The van der Waals surface area contributed by atoms with E-state index < -0.39 is 46.0 Å². The molecular formula is C15H10Cl2N2O7. The highest BCUT2D eigenvalue weighted by Gasteiger charge is 2.29. The molecule has 0 radical (unpaired) electrons. The largest absolute Gasteiger partial charge is 0.478 e. The highest BCUT2D eigenvalue weighted by molar-refractivity contribution is 6.40. The van der Waals surface area contributed by atoms with Gasteiger partial charge in [-0.15, -0.1) is 0 Å². The van der Waals surface area contributed by atoms with Crippen molar-refractivity contribution >= 4 is 46.9 Å². The first-order chi connectivity index (χ1) is 12.0.